The zero-order valence-corrected chi connectivity index (χ0v) is 16.5. The molecule has 2 bridgehead atoms. The molecule has 0 unspecified atom stereocenters. The molecule has 0 N–H and O–H groups in total. The Hall–Kier alpha value is -3.40. The molecule has 1 fully saturated rings. The number of fused-ring (bicyclic) bond motifs is 2. The summed E-state index contributed by atoms with van der Waals surface area (Å²) in [5.74, 6) is 0.650. The van der Waals surface area contributed by atoms with Gasteiger partial charge in [-0.2, -0.15) is 0 Å². The molecule has 3 aromatic rings. The van der Waals surface area contributed by atoms with Crippen LogP contribution < -0.4 is 9.47 Å². The van der Waals surface area contributed by atoms with Crippen molar-refractivity contribution in [1.29, 1.82) is 0 Å². The van der Waals surface area contributed by atoms with Crippen molar-refractivity contribution >= 4 is 11.9 Å². The third kappa shape index (κ3) is 3.50. The number of hydrogen-bond acceptors (Lipinski definition) is 4. The van der Waals surface area contributed by atoms with Crippen LogP contribution in [0.3, 0.4) is 0 Å². The fourth-order valence-electron chi connectivity index (χ4n) is 4.64. The Kier molecular flexibility index (Phi) is 4.83. The van der Waals surface area contributed by atoms with Crippen molar-refractivity contribution in [2.75, 3.05) is 0 Å². The van der Waals surface area contributed by atoms with Crippen LogP contribution in [0.4, 0.5) is 0 Å². The molecule has 0 saturated heterocycles. The molecule has 0 aliphatic heterocycles. The number of carbonyl (C=O) groups is 2. The first kappa shape index (κ1) is 18.6. The van der Waals surface area contributed by atoms with E-state index in [0.717, 1.165) is 25.7 Å². The first-order valence-corrected chi connectivity index (χ1v) is 10.4. The Morgan fingerprint density at radius 3 is 1.33 bits per heavy atom. The van der Waals surface area contributed by atoms with Crippen LogP contribution in [0.2, 0.25) is 0 Å². The summed E-state index contributed by atoms with van der Waals surface area (Å²) < 4.78 is 11.5. The number of benzene rings is 3. The first-order chi connectivity index (χ1) is 14.7. The molecule has 1 saturated carbocycles. The number of rotatable bonds is 4. The van der Waals surface area contributed by atoms with Gasteiger partial charge in [0.15, 0.2) is 11.5 Å². The maximum absolute atomic E-state index is 12.7. The Morgan fingerprint density at radius 1 is 0.600 bits per heavy atom. The fourth-order valence-corrected chi connectivity index (χ4v) is 4.64. The minimum absolute atomic E-state index is 0.305. The van der Waals surface area contributed by atoms with E-state index in [0.29, 0.717) is 34.5 Å². The largest absolute Gasteiger partial charge is 0.419 e. The highest BCUT2D eigenvalue weighted by molar-refractivity contribution is 5.93. The van der Waals surface area contributed by atoms with Crippen LogP contribution in [0, 0.1) is 0 Å². The lowest BCUT2D eigenvalue weighted by Crippen LogP contribution is -2.22. The van der Waals surface area contributed by atoms with E-state index in [1.165, 1.54) is 11.1 Å². The second kappa shape index (κ2) is 7.79. The molecule has 0 heterocycles. The predicted molar refractivity (Wildman–Crippen MR) is 113 cm³/mol. The molecule has 30 heavy (non-hydrogen) atoms. The average molecular weight is 398 g/mol. The Morgan fingerprint density at radius 2 is 0.967 bits per heavy atom. The summed E-state index contributed by atoms with van der Waals surface area (Å²) in [7, 11) is 0. The van der Waals surface area contributed by atoms with Gasteiger partial charge in [-0.05, 0) is 85.0 Å². The van der Waals surface area contributed by atoms with Gasteiger partial charge in [0.2, 0.25) is 0 Å². The summed E-state index contributed by atoms with van der Waals surface area (Å²) in [6, 6.07) is 21.5. The zero-order valence-electron chi connectivity index (χ0n) is 16.5. The molecule has 0 aromatic heterocycles. The van der Waals surface area contributed by atoms with Crippen LogP contribution in [-0.4, -0.2) is 11.9 Å². The molecule has 3 aliphatic carbocycles. The van der Waals surface area contributed by atoms with E-state index in [4.69, 9.17) is 9.47 Å². The van der Waals surface area contributed by atoms with Gasteiger partial charge in [-0.25, -0.2) is 9.59 Å². The molecule has 6 rings (SSSR count). The van der Waals surface area contributed by atoms with Crippen molar-refractivity contribution in [3.05, 3.63) is 95.1 Å². The van der Waals surface area contributed by atoms with Crippen molar-refractivity contribution < 1.29 is 19.1 Å². The van der Waals surface area contributed by atoms with Crippen LogP contribution in [0.5, 0.6) is 11.5 Å². The summed E-state index contributed by atoms with van der Waals surface area (Å²) in [4.78, 5) is 25.4. The molecule has 150 valence electrons. The molecule has 4 nitrogen and oxygen atoms in total. The van der Waals surface area contributed by atoms with Crippen molar-refractivity contribution in [3.63, 3.8) is 0 Å². The van der Waals surface area contributed by atoms with Crippen LogP contribution in [0.15, 0.2) is 72.8 Å². The lowest BCUT2D eigenvalue weighted by molar-refractivity contribution is 0.0681. The van der Waals surface area contributed by atoms with Crippen molar-refractivity contribution in [3.8, 4) is 11.5 Å². The summed E-state index contributed by atoms with van der Waals surface area (Å²) in [5, 5.41) is 0. The maximum Gasteiger partial charge on any atom is 0.343 e. The molecule has 0 spiro atoms. The molecular weight excluding hydrogens is 376 g/mol. The van der Waals surface area contributed by atoms with Gasteiger partial charge in [-0.15, -0.1) is 0 Å². The lowest BCUT2D eigenvalue weighted by atomic mass is 9.67. The van der Waals surface area contributed by atoms with E-state index in [2.05, 4.69) is 0 Å². The van der Waals surface area contributed by atoms with Crippen LogP contribution in [-0.2, 0) is 0 Å². The number of carbonyl (C=O) groups excluding carboxylic acids is 2. The molecule has 0 atom stereocenters. The van der Waals surface area contributed by atoms with Crippen LogP contribution >= 0.6 is 0 Å². The van der Waals surface area contributed by atoms with Crippen LogP contribution in [0.1, 0.15) is 69.4 Å². The van der Waals surface area contributed by atoms with Gasteiger partial charge in [0.05, 0.1) is 11.1 Å². The second-order valence-electron chi connectivity index (χ2n) is 7.99. The standard InChI is InChI=1S/C26H22O4/c27-25(19-7-3-1-4-8-19)29-23-15-21-17-11-13-18(14-12-17)22(21)16-24(23)30-26(28)20-9-5-2-6-10-20/h1-10,15-18H,11-14H2. The van der Waals surface area contributed by atoms with E-state index in [1.54, 1.807) is 48.5 Å². The van der Waals surface area contributed by atoms with Gasteiger partial charge < -0.3 is 9.47 Å². The highest BCUT2D eigenvalue weighted by Gasteiger charge is 2.34. The van der Waals surface area contributed by atoms with Crippen LogP contribution in [0.25, 0.3) is 0 Å². The van der Waals surface area contributed by atoms with E-state index >= 15 is 0 Å². The van der Waals surface area contributed by atoms with Gasteiger partial charge in [-0.1, -0.05) is 36.4 Å². The minimum Gasteiger partial charge on any atom is -0.419 e. The SMILES string of the molecule is O=C(Oc1cc2c(cc1OC(=O)c1ccccc1)C1CCC2CC1)c1ccccc1. The molecule has 4 heteroatoms. The van der Waals surface area contributed by atoms with E-state index in [9.17, 15) is 9.59 Å². The minimum atomic E-state index is -0.464. The van der Waals surface area contributed by atoms with Crippen molar-refractivity contribution in [2.24, 2.45) is 0 Å². The molecular formula is C26H22O4. The van der Waals surface area contributed by atoms with E-state index in [-0.39, 0.29) is 0 Å². The highest BCUT2D eigenvalue weighted by Crippen LogP contribution is 2.52. The van der Waals surface area contributed by atoms with Crippen molar-refractivity contribution in [2.45, 2.75) is 37.5 Å². The van der Waals surface area contributed by atoms with Gasteiger partial charge in [0, 0.05) is 0 Å². The summed E-state index contributed by atoms with van der Waals surface area (Å²) in [5.41, 5.74) is 3.37. The van der Waals surface area contributed by atoms with E-state index < -0.39 is 11.9 Å². The summed E-state index contributed by atoms with van der Waals surface area (Å²) in [6.45, 7) is 0. The molecule has 3 aliphatic rings. The monoisotopic (exact) mass is 398 g/mol. The van der Waals surface area contributed by atoms with Gasteiger partial charge in [-0.3, -0.25) is 0 Å². The number of esters is 2. The average Bonchev–Trinajstić information content (AvgIpc) is 2.81. The topological polar surface area (TPSA) is 52.6 Å². The Balaban J connectivity index is 1.51. The number of hydrogen-bond donors (Lipinski definition) is 0. The summed E-state index contributed by atoms with van der Waals surface area (Å²) in [6.07, 6.45) is 4.64. The molecule has 0 amide bonds. The maximum atomic E-state index is 12.7. The third-order valence-electron chi connectivity index (χ3n) is 6.18. The molecule has 0 radical (unpaired) electrons. The van der Waals surface area contributed by atoms with Gasteiger partial charge >= 0.3 is 11.9 Å². The lowest BCUT2D eigenvalue weighted by Gasteiger charge is -2.38. The first-order valence-electron chi connectivity index (χ1n) is 10.4. The Bertz CT molecular complexity index is 992. The van der Waals surface area contributed by atoms with Crippen molar-refractivity contribution in [1.82, 2.24) is 0 Å². The fraction of sp³-hybridized carbons (Fsp3) is 0.231. The predicted octanol–water partition coefficient (Wildman–Crippen LogP) is 5.88. The summed E-state index contributed by atoms with van der Waals surface area (Å²) >= 11 is 0. The quantitative estimate of drug-likeness (QED) is 0.407. The normalized spacial score (nSPS) is 19.1. The Labute approximate surface area is 175 Å². The third-order valence-corrected chi connectivity index (χ3v) is 6.18. The smallest absolute Gasteiger partial charge is 0.343 e. The van der Waals surface area contributed by atoms with E-state index in [1.807, 2.05) is 24.3 Å². The zero-order chi connectivity index (χ0) is 20.5. The molecule has 3 aromatic carbocycles. The second-order valence-corrected chi connectivity index (χ2v) is 7.99. The van der Waals surface area contributed by atoms with Gasteiger partial charge in [0.25, 0.3) is 0 Å². The highest BCUT2D eigenvalue weighted by atomic mass is 16.6. The van der Waals surface area contributed by atoms with Gasteiger partial charge in [0.1, 0.15) is 0 Å². The number of ether oxygens (including phenoxy) is 2.